The molecule has 3 rings (SSSR count). The van der Waals surface area contributed by atoms with Crippen molar-refractivity contribution in [3.05, 3.63) is 29.3 Å². The summed E-state index contributed by atoms with van der Waals surface area (Å²) in [4.78, 5) is 0.540. The Morgan fingerprint density at radius 3 is 3.05 bits per heavy atom. The summed E-state index contributed by atoms with van der Waals surface area (Å²) in [5.41, 5.74) is 2.15. The molecular formula is C16H24N2O2S. The molecule has 2 aliphatic rings. The van der Waals surface area contributed by atoms with E-state index in [4.69, 9.17) is 0 Å². The van der Waals surface area contributed by atoms with Gasteiger partial charge in [0.1, 0.15) is 0 Å². The number of hydrogen-bond donors (Lipinski definition) is 1. The fourth-order valence-corrected chi connectivity index (χ4v) is 5.36. The van der Waals surface area contributed by atoms with E-state index in [1.807, 2.05) is 12.1 Å². The molecular weight excluding hydrogens is 284 g/mol. The van der Waals surface area contributed by atoms with Crippen molar-refractivity contribution in [3.63, 3.8) is 0 Å². The minimum absolute atomic E-state index is 0.533. The number of nitrogens with one attached hydrogen (secondary N) is 1. The number of hydrogen-bond acceptors (Lipinski definition) is 3. The molecule has 0 aliphatic carbocycles. The van der Waals surface area contributed by atoms with Gasteiger partial charge in [0, 0.05) is 19.6 Å². The number of benzene rings is 1. The predicted molar refractivity (Wildman–Crippen MR) is 83.6 cm³/mol. The Morgan fingerprint density at radius 2 is 2.24 bits per heavy atom. The van der Waals surface area contributed by atoms with Crippen LogP contribution < -0.4 is 5.32 Å². The van der Waals surface area contributed by atoms with Crippen LogP contribution in [0, 0.1) is 5.92 Å². The molecule has 0 bridgehead atoms. The average molecular weight is 308 g/mol. The highest BCUT2D eigenvalue weighted by Crippen LogP contribution is 2.30. The highest BCUT2D eigenvalue weighted by molar-refractivity contribution is 7.89. The lowest BCUT2D eigenvalue weighted by Gasteiger charge is -2.23. The zero-order valence-corrected chi connectivity index (χ0v) is 13.5. The van der Waals surface area contributed by atoms with E-state index >= 15 is 0 Å². The second-order valence-electron chi connectivity index (χ2n) is 6.13. The molecule has 2 aliphatic heterocycles. The topological polar surface area (TPSA) is 49.4 Å². The van der Waals surface area contributed by atoms with Crippen molar-refractivity contribution >= 4 is 10.0 Å². The first-order chi connectivity index (χ1) is 10.1. The van der Waals surface area contributed by atoms with Gasteiger partial charge in [-0.1, -0.05) is 25.5 Å². The van der Waals surface area contributed by atoms with E-state index in [2.05, 4.69) is 12.2 Å². The van der Waals surface area contributed by atoms with Crippen LogP contribution in [0.2, 0.25) is 0 Å². The molecule has 116 valence electrons. The Bertz CT molecular complexity index is 613. The maximum absolute atomic E-state index is 13.0. The fraction of sp³-hybridized carbons (Fsp3) is 0.625. The van der Waals surface area contributed by atoms with Gasteiger partial charge in [-0.25, -0.2) is 8.42 Å². The fourth-order valence-electron chi connectivity index (χ4n) is 3.54. The smallest absolute Gasteiger partial charge is 0.243 e. The molecule has 1 aromatic rings. The van der Waals surface area contributed by atoms with Crippen LogP contribution >= 0.6 is 0 Å². The molecule has 1 atom stereocenters. The summed E-state index contributed by atoms with van der Waals surface area (Å²) in [5, 5.41) is 3.30. The van der Waals surface area contributed by atoms with E-state index in [9.17, 15) is 8.42 Å². The molecule has 0 aromatic heterocycles. The lowest BCUT2D eigenvalue weighted by molar-refractivity contribution is 0.443. The van der Waals surface area contributed by atoms with Crippen LogP contribution in [0.5, 0.6) is 0 Å². The highest BCUT2D eigenvalue weighted by atomic mass is 32.2. The van der Waals surface area contributed by atoms with Crippen molar-refractivity contribution in [1.29, 1.82) is 0 Å². The van der Waals surface area contributed by atoms with E-state index in [0.717, 1.165) is 49.9 Å². The van der Waals surface area contributed by atoms with E-state index in [1.165, 1.54) is 0 Å². The van der Waals surface area contributed by atoms with Gasteiger partial charge in [0.25, 0.3) is 0 Å². The van der Waals surface area contributed by atoms with Gasteiger partial charge in [0.2, 0.25) is 10.0 Å². The second kappa shape index (κ2) is 6.07. The lowest BCUT2D eigenvalue weighted by Crippen LogP contribution is -2.32. The summed E-state index contributed by atoms with van der Waals surface area (Å²) >= 11 is 0. The molecule has 0 amide bonds. The van der Waals surface area contributed by atoms with Gasteiger partial charge in [-0.15, -0.1) is 0 Å². The predicted octanol–water partition coefficient (Wildman–Crippen LogP) is 2.14. The molecule has 1 fully saturated rings. The largest absolute Gasteiger partial charge is 0.312 e. The normalized spacial score (nSPS) is 23.2. The summed E-state index contributed by atoms with van der Waals surface area (Å²) in [7, 11) is -3.33. The average Bonchev–Trinajstić information content (AvgIpc) is 2.96. The van der Waals surface area contributed by atoms with Crippen LogP contribution in [0.15, 0.2) is 23.1 Å². The summed E-state index contributed by atoms with van der Waals surface area (Å²) in [6.45, 7) is 5.17. The quantitative estimate of drug-likeness (QED) is 0.927. The second-order valence-corrected chi connectivity index (χ2v) is 8.03. The maximum atomic E-state index is 13.0. The summed E-state index contributed by atoms with van der Waals surface area (Å²) in [6, 6.07) is 5.69. The van der Waals surface area contributed by atoms with Gasteiger partial charge in [0.05, 0.1) is 4.90 Å². The standard InChI is InChI=1S/C16H24N2O2S/c1-2-4-13-8-10-18(12-13)21(19,20)16-6-3-5-14-11-17-9-7-15(14)16/h3,5-6,13,17H,2,4,7-12H2,1H3. The molecule has 0 saturated carbocycles. The molecule has 1 aromatic carbocycles. The maximum Gasteiger partial charge on any atom is 0.243 e. The Kier molecular flexibility index (Phi) is 4.33. The van der Waals surface area contributed by atoms with Crippen LogP contribution in [0.4, 0.5) is 0 Å². The molecule has 1 saturated heterocycles. The first-order valence-corrected chi connectivity index (χ1v) is 9.38. The van der Waals surface area contributed by atoms with Gasteiger partial charge in [-0.05, 0) is 48.9 Å². The van der Waals surface area contributed by atoms with E-state index in [1.54, 1.807) is 10.4 Å². The summed E-state index contributed by atoms with van der Waals surface area (Å²) in [6.07, 6.45) is 4.06. The molecule has 4 nitrogen and oxygen atoms in total. The van der Waals surface area contributed by atoms with Crippen molar-refractivity contribution in [2.75, 3.05) is 19.6 Å². The van der Waals surface area contributed by atoms with Crippen LogP contribution in [-0.4, -0.2) is 32.4 Å². The molecule has 1 unspecified atom stereocenters. The molecule has 21 heavy (non-hydrogen) atoms. The molecule has 1 N–H and O–H groups in total. The van der Waals surface area contributed by atoms with Crippen molar-refractivity contribution in [1.82, 2.24) is 9.62 Å². The van der Waals surface area contributed by atoms with Gasteiger partial charge in [0.15, 0.2) is 0 Å². The van der Waals surface area contributed by atoms with Crippen LogP contribution in [0.1, 0.15) is 37.3 Å². The first-order valence-electron chi connectivity index (χ1n) is 7.94. The van der Waals surface area contributed by atoms with Crippen molar-refractivity contribution in [3.8, 4) is 0 Å². The summed E-state index contributed by atoms with van der Waals surface area (Å²) < 4.78 is 27.6. The van der Waals surface area contributed by atoms with Crippen molar-refractivity contribution < 1.29 is 8.42 Å². The third kappa shape index (κ3) is 2.87. The van der Waals surface area contributed by atoms with E-state index in [0.29, 0.717) is 23.9 Å². The Hall–Kier alpha value is -0.910. The zero-order valence-electron chi connectivity index (χ0n) is 12.6. The number of fused-ring (bicyclic) bond motifs is 1. The lowest BCUT2D eigenvalue weighted by atomic mass is 10.0. The monoisotopic (exact) mass is 308 g/mol. The van der Waals surface area contributed by atoms with Gasteiger partial charge < -0.3 is 5.32 Å². The number of nitrogens with zero attached hydrogens (tertiary/aromatic N) is 1. The van der Waals surface area contributed by atoms with E-state index in [-0.39, 0.29) is 0 Å². The molecule has 0 radical (unpaired) electrons. The number of rotatable bonds is 4. The number of sulfonamides is 1. The van der Waals surface area contributed by atoms with Gasteiger partial charge in [-0.2, -0.15) is 4.31 Å². The first kappa shape index (κ1) is 15.0. The minimum Gasteiger partial charge on any atom is -0.312 e. The summed E-state index contributed by atoms with van der Waals surface area (Å²) in [5.74, 6) is 0.533. The van der Waals surface area contributed by atoms with Crippen LogP contribution in [0.3, 0.4) is 0 Å². The van der Waals surface area contributed by atoms with Crippen LogP contribution in [0.25, 0.3) is 0 Å². The Labute approximate surface area is 127 Å². The Morgan fingerprint density at radius 1 is 1.38 bits per heavy atom. The highest BCUT2D eigenvalue weighted by Gasteiger charge is 2.34. The Balaban J connectivity index is 1.89. The van der Waals surface area contributed by atoms with Crippen molar-refractivity contribution in [2.24, 2.45) is 5.92 Å². The SMILES string of the molecule is CCCC1CCN(S(=O)(=O)c2cccc3c2CCNC3)C1. The van der Waals surface area contributed by atoms with Gasteiger partial charge in [-0.3, -0.25) is 0 Å². The third-order valence-electron chi connectivity index (χ3n) is 4.66. The molecule has 2 heterocycles. The molecule has 0 spiro atoms. The molecule has 5 heteroatoms. The third-order valence-corrected chi connectivity index (χ3v) is 6.61. The van der Waals surface area contributed by atoms with Crippen LogP contribution in [-0.2, 0) is 23.0 Å². The van der Waals surface area contributed by atoms with Crippen molar-refractivity contribution in [2.45, 2.75) is 44.0 Å². The van der Waals surface area contributed by atoms with Gasteiger partial charge >= 0.3 is 0 Å². The zero-order chi connectivity index (χ0) is 14.9. The van der Waals surface area contributed by atoms with E-state index < -0.39 is 10.0 Å². The minimum atomic E-state index is -3.33.